The molecular formula is C20H24FN5O. The molecule has 0 aliphatic heterocycles. The molecule has 0 unspecified atom stereocenters. The van der Waals surface area contributed by atoms with E-state index in [0.717, 1.165) is 23.8 Å². The molecule has 0 fully saturated rings. The number of aliphatic imine (C=N–C) groups is 1. The first-order valence-electron chi connectivity index (χ1n) is 8.79. The molecule has 0 aliphatic carbocycles. The summed E-state index contributed by atoms with van der Waals surface area (Å²) in [6.45, 7) is 1.45. The Morgan fingerprint density at radius 3 is 2.74 bits per heavy atom. The van der Waals surface area contributed by atoms with Gasteiger partial charge in [-0.2, -0.15) is 0 Å². The molecule has 3 aromatic rings. The molecule has 0 radical (unpaired) electrons. The van der Waals surface area contributed by atoms with Crippen LogP contribution >= 0.6 is 0 Å². The number of oxazole rings is 1. The van der Waals surface area contributed by atoms with Crippen LogP contribution in [-0.4, -0.2) is 41.1 Å². The second kappa shape index (κ2) is 8.53. The average Bonchev–Trinajstić information content (AvgIpc) is 3.29. The van der Waals surface area contributed by atoms with E-state index in [1.54, 1.807) is 25.4 Å². The fourth-order valence-electron chi connectivity index (χ4n) is 2.81. The Balaban J connectivity index is 1.52. The van der Waals surface area contributed by atoms with Crippen molar-refractivity contribution in [2.24, 2.45) is 12.0 Å². The highest BCUT2D eigenvalue weighted by Crippen LogP contribution is 2.19. The first-order chi connectivity index (χ1) is 13.1. The van der Waals surface area contributed by atoms with Gasteiger partial charge in [0, 0.05) is 51.6 Å². The van der Waals surface area contributed by atoms with Crippen molar-refractivity contribution in [2.75, 3.05) is 20.6 Å². The van der Waals surface area contributed by atoms with Crippen LogP contribution in [0.2, 0.25) is 0 Å². The van der Waals surface area contributed by atoms with Crippen LogP contribution in [0.1, 0.15) is 11.4 Å². The largest absolute Gasteiger partial charge is 0.444 e. The first-order valence-corrected chi connectivity index (χ1v) is 8.79. The summed E-state index contributed by atoms with van der Waals surface area (Å²) >= 11 is 0. The van der Waals surface area contributed by atoms with Gasteiger partial charge in [-0.15, -0.1) is 0 Å². The molecule has 0 saturated carbocycles. The van der Waals surface area contributed by atoms with Crippen molar-refractivity contribution in [1.29, 1.82) is 0 Å². The van der Waals surface area contributed by atoms with Crippen molar-refractivity contribution >= 4 is 5.96 Å². The van der Waals surface area contributed by atoms with E-state index in [1.165, 1.54) is 17.8 Å². The van der Waals surface area contributed by atoms with Crippen LogP contribution in [0.5, 0.6) is 0 Å². The van der Waals surface area contributed by atoms with Gasteiger partial charge in [0.2, 0.25) is 5.89 Å². The fourth-order valence-corrected chi connectivity index (χ4v) is 2.81. The molecule has 142 valence electrons. The summed E-state index contributed by atoms with van der Waals surface area (Å²) in [7, 11) is 5.81. The van der Waals surface area contributed by atoms with Crippen LogP contribution in [0, 0.1) is 5.82 Å². The lowest BCUT2D eigenvalue weighted by Crippen LogP contribution is -2.39. The summed E-state index contributed by atoms with van der Waals surface area (Å²) in [5.74, 6) is 1.04. The highest BCUT2D eigenvalue weighted by Gasteiger charge is 2.10. The van der Waals surface area contributed by atoms with Crippen LogP contribution in [0.3, 0.4) is 0 Å². The lowest BCUT2D eigenvalue weighted by molar-refractivity contribution is 0.462. The van der Waals surface area contributed by atoms with Gasteiger partial charge in [-0.3, -0.25) is 4.99 Å². The second-order valence-electron chi connectivity index (χ2n) is 6.34. The molecule has 27 heavy (non-hydrogen) atoms. The van der Waals surface area contributed by atoms with Crippen molar-refractivity contribution in [1.82, 2.24) is 19.8 Å². The summed E-state index contributed by atoms with van der Waals surface area (Å²) in [5.41, 5.74) is 2.80. The van der Waals surface area contributed by atoms with Crippen molar-refractivity contribution in [3.63, 3.8) is 0 Å². The number of hydrogen-bond acceptors (Lipinski definition) is 3. The van der Waals surface area contributed by atoms with Gasteiger partial charge in [0.25, 0.3) is 0 Å². The molecule has 2 heterocycles. The predicted molar refractivity (Wildman–Crippen MR) is 104 cm³/mol. The van der Waals surface area contributed by atoms with E-state index >= 15 is 0 Å². The number of nitrogens with one attached hydrogen (secondary N) is 1. The van der Waals surface area contributed by atoms with E-state index in [4.69, 9.17) is 4.42 Å². The molecule has 6 nitrogen and oxygen atoms in total. The smallest absolute Gasteiger partial charge is 0.226 e. The molecule has 0 amide bonds. The Labute approximate surface area is 158 Å². The summed E-state index contributed by atoms with van der Waals surface area (Å²) in [5, 5.41) is 3.34. The molecule has 0 saturated heterocycles. The zero-order chi connectivity index (χ0) is 19.2. The zero-order valence-electron chi connectivity index (χ0n) is 15.8. The second-order valence-corrected chi connectivity index (χ2v) is 6.34. The molecule has 0 spiro atoms. The first kappa shape index (κ1) is 18.7. The summed E-state index contributed by atoms with van der Waals surface area (Å²) in [6, 6.07) is 10.2. The van der Waals surface area contributed by atoms with Gasteiger partial charge < -0.3 is 19.2 Å². The average molecular weight is 369 g/mol. The normalized spacial score (nSPS) is 11.6. The van der Waals surface area contributed by atoms with Gasteiger partial charge in [-0.25, -0.2) is 9.37 Å². The number of halogens is 1. The number of benzene rings is 1. The maximum atomic E-state index is 13.0. The molecular weight excluding hydrogens is 345 g/mol. The van der Waals surface area contributed by atoms with Crippen LogP contribution in [0.25, 0.3) is 11.5 Å². The molecule has 3 rings (SSSR count). The number of rotatable bonds is 6. The van der Waals surface area contributed by atoms with E-state index in [9.17, 15) is 4.39 Å². The van der Waals surface area contributed by atoms with E-state index in [1.807, 2.05) is 26.4 Å². The number of aromatic nitrogens is 2. The van der Waals surface area contributed by atoms with Gasteiger partial charge in [0.05, 0.1) is 12.2 Å². The minimum Gasteiger partial charge on any atom is -0.444 e. The van der Waals surface area contributed by atoms with E-state index in [2.05, 4.69) is 30.8 Å². The fraction of sp³-hybridized carbons (Fsp3) is 0.300. The van der Waals surface area contributed by atoms with Gasteiger partial charge in [-0.1, -0.05) is 0 Å². The molecule has 7 heteroatoms. The third-order valence-electron chi connectivity index (χ3n) is 4.33. The Morgan fingerprint density at radius 2 is 2.07 bits per heavy atom. The van der Waals surface area contributed by atoms with Crippen molar-refractivity contribution in [3.05, 3.63) is 66.1 Å². The standard InChI is InChI=1S/C20H24FN5O/c1-22-20(26(3)13-18-5-4-12-25(18)2)23-11-10-17-14-27-19(24-17)15-6-8-16(21)9-7-15/h4-9,12,14H,10-11,13H2,1-3H3,(H,22,23). The molecule has 2 aromatic heterocycles. The van der Waals surface area contributed by atoms with E-state index in [0.29, 0.717) is 18.9 Å². The summed E-state index contributed by atoms with van der Waals surface area (Å²) < 4.78 is 20.6. The third-order valence-corrected chi connectivity index (χ3v) is 4.33. The maximum Gasteiger partial charge on any atom is 0.226 e. The Morgan fingerprint density at radius 1 is 1.30 bits per heavy atom. The predicted octanol–water partition coefficient (Wildman–Crippen LogP) is 3.07. The van der Waals surface area contributed by atoms with Crippen LogP contribution < -0.4 is 5.32 Å². The number of aryl methyl sites for hydroxylation is 1. The summed E-state index contributed by atoms with van der Waals surface area (Å²) in [6.07, 6.45) is 4.36. The molecule has 1 aromatic carbocycles. The highest BCUT2D eigenvalue weighted by atomic mass is 19.1. The van der Waals surface area contributed by atoms with Gasteiger partial charge in [0.15, 0.2) is 5.96 Å². The quantitative estimate of drug-likeness (QED) is 0.536. The topological polar surface area (TPSA) is 58.6 Å². The maximum absolute atomic E-state index is 13.0. The van der Waals surface area contributed by atoms with Gasteiger partial charge in [-0.05, 0) is 36.4 Å². The Kier molecular flexibility index (Phi) is 5.90. The number of nitrogens with zero attached hydrogens (tertiary/aromatic N) is 4. The SMILES string of the molecule is CN=C(NCCc1coc(-c2ccc(F)cc2)n1)N(C)Cc1cccn1C. The molecule has 0 aliphatic rings. The Bertz CT molecular complexity index is 897. The lowest BCUT2D eigenvalue weighted by atomic mass is 10.2. The number of guanidine groups is 1. The molecule has 0 atom stereocenters. The lowest BCUT2D eigenvalue weighted by Gasteiger charge is -2.22. The minimum atomic E-state index is -0.277. The van der Waals surface area contributed by atoms with Crippen molar-refractivity contribution < 1.29 is 8.81 Å². The number of hydrogen-bond donors (Lipinski definition) is 1. The third kappa shape index (κ3) is 4.75. The van der Waals surface area contributed by atoms with E-state index < -0.39 is 0 Å². The Hall–Kier alpha value is -3.09. The minimum absolute atomic E-state index is 0.277. The van der Waals surface area contributed by atoms with Crippen molar-refractivity contribution in [3.8, 4) is 11.5 Å². The molecule has 1 N–H and O–H groups in total. The monoisotopic (exact) mass is 369 g/mol. The summed E-state index contributed by atoms with van der Waals surface area (Å²) in [4.78, 5) is 10.9. The van der Waals surface area contributed by atoms with Crippen molar-refractivity contribution in [2.45, 2.75) is 13.0 Å². The zero-order valence-corrected chi connectivity index (χ0v) is 15.8. The molecule has 0 bridgehead atoms. The van der Waals surface area contributed by atoms with Crippen LogP contribution in [-0.2, 0) is 20.0 Å². The van der Waals surface area contributed by atoms with Gasteiger partial charge in [0.1, 0.15) is 12.1 Å². The highest BCUT2D eigenvalue weighted by molar-refractivity contribution is 5.79. The van der Waals surface area contributed by atoms with Gasteiger partial charge >= 0.3 is 0 Å². The van der Waals surface area contributed by atoms with Crippen LogP contribution in [0.4, 0.5) is 4.39 Å². The van der Waals surface area contributed by atoms with E-state index in [-0.39, 0.29) is 5.82 Å². The van der Waals surface area contributed by atoms with Crippen LogP contribution in [0.15, 0.2) is 58.3 Å².